The molecule has 0 atom stereocenters. The molecule has 0 saturated heterocycles. The molecule has 2 N–H and O–H groups in total. The summed E-state index contributed by atoms with van der Waals surface area (Å²) in [5.41, 5.74) is 4.14. The molecule has 0 aliphatic heterocycles. The number of hydrogen-bond acceptors (Lipinski definition) is 6. The third-order valence-corrected chi connectivity index (χ3v) is 3.32. The van der Waals surface area contributed by atoms with Crippen LogP contribution in [0, 0.1) is 0 Å². The average molecular weight is 358 g/mol. The SMILES string of the molecule is CCCc1cc(=O)[nH]c(N/N=C/c2ccc(OC(C)C)c(OCC)c2)n1. The molecule has 0 spiro atoms. The number of hydrazone groups is 1. The highest BCUT2D eigenvalue weighted by molar-refractivity contribution is 5.81. The predicted molar refractivity (Wildman–Crippen MR) is 103 cm³/mol. The second kappa shape index (κ2) is 9.60. The maximum Gasteiger partial charge on any atom is 0.252 e. The summed E-state index contributed by atoms with van der Waals surface area (Å²) in [5, 5.41) is 4.14. The molecule has 7 heteroatoms. The normalized spacial score (nSPS) is 11.1. The molecule has 0 fully saturated rings. The minimum Gasteiger partial charge on any atom is -0.490 e. The summed E-state index contributed by atoms with van der Waals surface area (Å²) >= 11 is 0. The Hall–Kier alpha value is -2.83. The maximum atomic E-state index is 11.6. The Morgan fingerprint density at radius 1 is 1.27 bits per heavy atom. The summed E-state index contributed by atoms with van der Waals surface area (Å²) in [7, 11) is 0. The summed E-state index contributed by atoms with van der Waals surface area (Å²) in [6.45, 7) is 8.44. The lowest BCUT2D eigenvalue weighted by atomic mass is 10.2. The van der Waals surface area contributed by atoms with Gasteiger partial charge in [0.05, 0.1) is 18.9 Å². The minimum atomic E-state index is -0.199. The predicted octanol–water partition coefficient (Wildman–Crippen LogP) is 3.35. The minimum absolute atomic E-state index is 0.0636. The van der Waals surface area contributed by atoms with E-state index in [9.17, 15) is 4.79 Å². The lowest BCUT2D eigenvalue weighted by Gasteiger charge is -2.14. The van der Waals surface area contributed by atoms with Gasteiger partial charge in [-0.25, -0.2) is 10.4 Å². The van der Waals surface area contributed by atoms with Gasteiger partial charge in [0.2, 0.25) is 5.95 Å². The quantitative estimate of drug-likeness (QED) is 0.530. The number of aromatic amines is 1. The Morgan fingerprint density at radius 2 is 2.08 bits per heavy atom. The molecule has 1 heterocycles. The summed E-state index contributed by atoms with van der Waals surface area (Å²) in [6.07, 6.45) is 3.36. The van der Waals surface area contributed by atoms with Crippen LogP contribution in [-0.4, -0.2) is 28.9 Å². The van der Waals surface area contributed by atoms with Crippen molar-refractivity contribution < 1.29 is 9.47 Å². The van der Waals surface area contributed by atoms with Crippen LogP contribution in [0.25, 0.3) is 0 Å². The zero-order valence-corrected chi connectivity index (χ0v) is 15.7. The lowest BCUT2D eigenvalue weighted by Crippen LogP contribution is -2.12. The number of benzene rings is 1. The summed E-state index contributed by atoms with van der Waals surface area (Å²) in [5.74, 6) is 1.69. The van der Waals surface area contributed by atoms with Gasteiger partial charge in [-0.05, 0) is 51.0 Å². The molecule has 0 unspecified atom stereocenters. The number of rotatable bonds is 9. The molecular formula is C19H26N4O3. The van der Waals surface area contributed by atoms with Crippen molar-refractivity contribution in [1.29, 1.82) is 0 Å². The van der Waals surface area contributed by atoms with Crippen LogP contribution in [0.4, 0.5) is 5.95 Å². The maximum absolute atomic E-state index is 11.6. The van der Waals surface area contributed by atoms with E-state index in [4.69, 9.17) is 9.47 Å². The van der Waals surface area contributed by atoms with Crippen LogP contribution in [0.5, 0.6) is 11.5 Å². The number of nitrogens with zero attached hydrogens (tertiary/aromatic N) is 2. The number of anilines is 1. The first kappa shape index (κ1) is 19.5. The van der Waals surface area contributed by atoms with Gasteiger partial charge in [-0.15, -0.1) is 0 Å². The smallest absolute Gasteiger partial charge is 0.252 e. The van der Waals surface area contributed by atoms with Crippen molar-refractivity contribution in [3.8, 4) is 11.5 Å². The Bertz CT molecular complexity index is 800. The van der Waals surface area contributed by atoms with Crippen LogP contribution < -0.4 is 20.5 Å². The molecule has 2 rings (SSSR count). The number of nitrogens with one attached hydrogen (secondary N) is 2. The fourth-order valence-corrected chi connectivity index (χ4v) is 2.34. The second-order valence-electron chi connectivity index (χ2n) is 6.01. The van der Waals surface area contributed by atoms with Gasteiger partial charge < -0.3 is 9.47 Å². The number of hydrogen-bond donors (Lipinski definition) is 2. The summed E-state index contributed by atoms with van der Waals surface area (Å²) in [4.78, 5) is 18.6. The molecule has 0 bridgehead atoms. The highest BCUT2D eigenvalue weighted by atomic mass is 16.5. The van der Waals surface area contributed by atoms with E-state index in [0.717, 1.165) is 24.1 Å². The Morgan fingerprint density at radius 3 is 2.77 bits per heavy atom. The molecule has 1 aromatic heterocycles. The number of aryl methyl sites for hydroxylation is 1. The average Bonchev–Trinajstić information content (AvgIpc) is 2.57. The molecule has 2 aromatic rings. The first-order chi connectivity index (χ1) is 12.5. The van der Waals surface area contributed by atoms with Gasteiger partial charge in [0.1, 0.15) is 0 Å². The van der Waals surface area contributed by atoms with Gasteiger partial charge in [0.15, 0.2) is 11.5 Å². The highest BCUT2D eigenvalue weighted by Gasteiger charge is 2.07. The van der Waals surface area contributed by atoms with Gasteiger partial charge in [0, 0.05) is 11.8 Å². The van der Waals surface area contributed by atoms with E-state index in [1.54, 1.807) is 6.21 Å². The van der Waals surface area contributed by atoms with Crippen molar-refractivity contribution in [2.45, 2.75) is 46.6 Å². The van der Waals surface area contributed by atoms with Gasteiger partial charge in [0.25, 0.3) is 5.56 Å². The van der Waals surface area contributed by atoms with Crippen LogP contribution >= 0.6 is 0 Å². The van der Waals surface area contributed by atoms with Gasteiger partial charge in [-0.2, -0.15) is 5.10 Å². The van der Waals surface area contributed by atoms with E-state index in [0.29, 0.717) is 24.1 Å². The largest absolute Gasteiger partial charge is 0.490 e. The Labute approximate surface area is 153 Å². The lowest BCUT2D eigenvalue weighted by molar-refractivity contribution is 0.224. The van der Waals surface area contributed by atoms with Crippen LogP contribution in [0.3, 0.4) is 0 Å². The van der Waals surface area contributed by atoms with Gasteiger partial charge in [-0.1, -0.05) is 13.3 Å². The molecule has 0 amide bonds. The summed E-state index contributed by atoms with van der Waals surface area (Å²) < 4.78 is 11.4. The van der Waals surface area contributed by atoms with Crippen molar-refractivity contribution in [1.82, 2.24) is 9.97 Å². The molecule has 140 valence electrons. The number of aromatic nitrogens is 2. The zero-order chi connectivity index (χ0) is 18.9. The standard InChI is InChI=1S/C19H26N4O3/c1-5-7-15-11-18(24)22-19(21-15)23-20-12-14-8-9-16(26-13(3)4)17(10-14)25-6-2/h8-13H,5-7H2,1-4H3,(H2,21,22,23,24)/b20-12+. The zero-order valence-electron chi connectivity index (χ0n) is 15.7. The van der Waals surface area contributed by atoms with Crippen molar-refractivity contribution in [3.63, 3.8) is 0 Å². The Kier molecular flexibility index (Phi) is 7.20. The van der Waals surface area contributed by atoms with E-state index < -0.39 is 0 Å². The molecule has 0 aliphatic carbocycles. The van der Waals surface area contributed by atoms with E-state index in [1.807, 2.05) is 45.9 Å². The van der Waals surface area contributed by atoms with E-state index >= 15 is 0 Å². The van der Waals surface area contributed by atoms with Gasteiger partial charge >= 0.3 is 0 Å². The first-order valence-corrected chi connectivity index (χ1v) is 8.84. The third-order valence-electron chi connectivity index (χ3n) is 3.32. The monoisotopic (exact) mass is 358 g/mol. The molecule has 0 radical (unpaired) electrons. The molecular weight excluding hydrogens is 332 g/mol. The topological polar surface area (TPSA) is 88.6 Å². The van der Waals surface area contributed by atoms with Gasteiger partial charge in [-0.3, -0.25) is 9.78 Å². The first-order valence-electron chi connectivity index (χ1n) is 8.84. The Balaban J connectivity index is 2.12. The van der Waals surface area contributed by atoms with Crippen molar-refractivity contribution in [3.05, 3.63) is 45.9 Å². The molecule has 1 aromatic carbocycles. The van der Waals surface area contributed by atoms with E-state index in [2.05, 4.69) is 20.5 Å². The molecule has 0 saturated carbocycles. The second-order valence-corrected chi connectivity index (χ2v) is 6.01. The van der Waals surface area contributed by atoms with E-state index in [-0.39, 0.29) is 11.7 Å². The molecule has 0 aliphatic rings. The van der Waals surface area contributed by atoms with Crippen LogP contribution in [-0.2, 0) is 6.42 Å². The van der Waals surface area contributed by atoms with Crippen molar-refractivity contribution in [2.75, 3.05) is 12.0 Å². The van der Waals surface area contributed by atoms with Crippen LogP contribution in [0.15, 0.2) is 34.2 Å². The van der Waals surface area contributed by atoms with Crippen molar-refractivity contribution >= 4 is 12.2 Å². The van der Waals surface area contributed by atoms with E-state index in [1.165, 1.54) is 6.07 Å². The highest BCUT2D eigenvalue weighted by Crippen LogP contribution is 2.28. The fraction of sp³-hybridized carbons (Fsp3) is 0.421. The van der Waals surface area contributed by atoms with Crippen LogP contribution in [0.1, 0.15) is 45.4 Å². The summed E-state index contributed by atoms with van der Waals surface area (Å²) in [6, 6.07) is 7.10. The fourth-order valence-electron chi connectivity index (χ4n) is 2.34. The van der Waals surface area contributed by atoms with Crippen LogP contribution in [0.2, 0.25) is 0 Å². The third kappa shape index (κ3) is 5.91. The number of ether oxygens (including phenoxy) is 2. The number of H-pyrrole nitrogens is 1. The van der Waals surface area contributed by atoms with Crippen molar-refractivity contribution in [2.24, 2.45) is 5.10 Å². The molecule has 26 heavy (non-hydrogen) atoms. The molecule has 7 nitrogen and oxygen atoms in total.